The predicted octanol–water partition coefficient (Wildman–Crippen LogP) is 3.55. The summed E-state index contributed by atoms with van der Waals surface area (Å²) in [6.07, 6.45) is 2.09. The zero-order chi connectivity index (χ0) is 14.8. The van der Waals surface area contributed by atoms with Gasteiger partial charge < -0.3 is 10.6 Å². The lowest BCUT2D eigenvalue weighted by Gasteiger charge is -2.07. The topological polar surface area (TPSA) is 58.2 Å². The van der Waals surface area contributed by atoms with Crippen LogP contribution in [0.5, 0.6) is 0 Å². The highest BCUT2D eigenvalue weighted by Crippen LogP contribution is 2.23. The number of amides is 2. The van der Waals surface area contributed by atoms with E-state index in [4.69, 9.17) is 11.6 Å². The van der Waals surface area contributed by atoms with Gasteiger partial charge in [-0.2, -0.15) is 0 Å². The van der Waals surface area contributed by atoms with Gasteiger partial charge >= 0.3 is 0 Å². The van der Waals surface area contributed by atoms with Crippen molar-refractivity contribution in [3.8, 4) is 0 Å². The Morgan fingerprint density at radius 1 is 1.14 bits per heavy atom. The monoisotopic (exact) mass is 320 g/mol. The molecular weight excluding hydrogens is 308 g/mol. The van der Waals surface area contributed by atoms with Crippen molar-refractivity contribution in [3.05, 3.63) is 51.2 Å². The Labute approximate surface area is 131 Å². The third-order valence-corrected chi connectivity index (χ3v) is 4.32. The lowest BCUT2D eigenvalue weighted by Crippen LogP contribution is -2.25. The van der Waals surface area contributed by atoms with Crippen LogP contribution in [0.25, 0.3) is 0 Å². The summed E-state index contributed by atoms with van der Waals surface area (Å²) < 4.78 is 0.567. The van der Waals surface area contributed by atoms with Crippen LogP contribution in [0.4, 0.5) is 5.69 Å². The second-order valence-corrected chi connectivity index (χ2v) is 6.60. The molecule has 2 amide bonds. The standard InChI is InChI=1S/C15H13ClN2O2S/c16-13-7-6-12(21-13)15(20)18-11-3-1-2-9(8-11)14(19)17-10-4-5-10/h1-3,6-8,10H,4-5H2,(H,17,19)(H,18,20). The minimum atomic E-state index is -0.230. The van der Waals surface area contributed by atoms with Crippen molar-refractivity contribution in [3.63, 3.8) is 0 Å². The summed E-state index contributed by atoms with van der Waals surface area (Å²) in [6.45, 7) is 0. The minimum Gasteiger partial charge on any atom is -0.349 e. The second-order valence-electron chi connectivity index (χ2n) is 4.89. The van der Waals surface area contributed by atoms with Gasteiger partial charge in [0.15, 0.2) is 0 Å². The van der Waals surface area contributed by atoms with E-state index in [2.05, 4.69) is 10.6 Å². The van der Waals surface area contributed by atoms with Crippen molar-refractivity contribution in [2.24, 2.45) is 0 Å². The Morgan fingerprint density at radius 2 is 1.95 bits per heavy atom. The van der Waals surface area contributed by atoms with E-state index in [1.54, 1.807) is 36.4 Å². The van der Waals surface area contributed by atoms with Crippen LogP contribution in [-0.4, -0.2) is 17.9 Å². The van der Waals surface area contributed by atoms with Crippen LogP contribution >= 0.6 is 22.9 Å². The Kier molecular flexibility index (Phi) is 3.94. The van der Waals surface area contributed by atoms with Crippen molar-refractivity contribution < 1.29 is 9.59 Å². The van der Waals surface area contributed by atoms with Crippen LogP contribution in [0.1, 0.15) is 32.9 Å². The maximum absolute atomic E-state index is 12.0. The third-order valence-electron chi connectivity index (χ3n) is 3.09. The first-order chi connectivity index (χ1) is 10.1. The second kappa shape index (κ2) is 5.87. The molecule has 3 rings (SSSR count). The smallest absolute Gasteiger partial charge is 0.265 e. The molecule has 2 aromatic rings. The van der Waals surface area contributed by atoms with Gasteiger partial charge in [0, 0.05) is 17.3 Å². The van der Waals surface area contributed by atoms with Gasteiger partial charge in [-0.15, -0.1) is 11.3 Å². The molecule has 1 aromatic carbocycles. The lowest BCUT2D eigenvalue weighted by molar-refractivity contribution is 0.0949. The predicted molar refractivity (Wildman–Crippen MR) is 84.2 cm³/mol. The highest BCUT2D eigenvalue weighted by atomic mass is 35.5. The molecule has 6 heteroatoms. The molecule has 4 nitrogen and oxygen atoms in total. The average molecular weight is 321 g/mol. The van der Waals surface area contributed by atoms with Crippen molar-refractivity contribution in [1.29, 1.82) is 0 Å². The first-order valence-corrected chi connectivity index (χ1v) is 7.79. The summed E-state index contributed by atoms with van der Waals surface area (Å²) in [5.74, 6) is -0.334. The molecule has 0 saturated heterocycles. The number of rotatable bonds is 4. The summed E-state index contributed by atoms with van der Waals surface area (Å²) in [5.41, 5.74) is 1.14. The molecule has 1 saturated carbocycles. The fourth-order valence-electron chi connectivity index (χ4n) is 1.86. The van der Waals surface area contributed by atoms with E-state index in [1.807, 2.05) is 0 Å². The average Bonchev–Trinajstić information content (AvgIpc) is 3.17. The number of nitrogens with one attached hydrogen (secondary N) is 2. The number of halogens is 1. The maximum Gasteiger partial charge on any atom is 0.265 e. The van der Waals surface area contributed by atoms with Crippen molar-refractivity contribution in [2.75, 3.05) is 5.32 Å². The quantitative estimate of drug-likeness (QED) is 0.905. The van der Waals surface area contributed by atoms with Gasteiger partial charge in [0.1, 0.15) is 0 Å². The summed E-state index contributed by atoms with van der Waals surface area (Å²) in [4.78, 5) is 24.5. The van der Waals surface area contributed by atoms with Crippen LogP contribution in [-0.2, 0) is 0 Å². The molecular formula is C15H13ClN2O2S. The van der Waals surface area contributed by atoms with Crippen molar-refractivity contribution in [1.82, 2.24) is 5.32 Å². The van der Waals surface area contributed by atoms with Crippen LogP contribution in [0.2, 0.25) is 4.34 Å². The number of benzene rings is 1. The molecule has 0 aliphatic heterocycles. The van der Waals surface area contributed by atoms with Gasteiger partial charge in [0.25, 0.3) is 11.8 Å². The van der Waals surface area contributed by atoms with Gasteiger partial charge in [0.2, 0.25) is 0 Å². The maximum atomic E-state index is 12.0. The lowest BCUT2D eigenvalue weighted by atomic mass is 10.2. The Hall–Kier alpha value is -1.85. The molecule has 0 atom stereocenters. The first kappa shape index (κ1) is 14.1. The van der Waals surface area contributed by atoms with E-state index in [1.165, 1.54) is 11.3 Å². The first-order valence-electron chi connectivity index (χ1n) is 6.59. The van der Waals surface area contributed by atoms with Crippen molar-refractivity contribution in [2.45, 2.75) is 18.9 Å². The van der Waals surface area contributed by atoms with E-state index >= 15 is 0 Å². The largest absolute Gasteiger partial charge is 0.349 e. The molecule has 0 spiro atoms. The van der Waals surface area contributed by atoms with Gasteiger partial charge in [-0.05, 0) is 43.2 Å². The minimum absolute atomic E-state index is 0.104. The highest BCUT2D eigenvalue weighted by molar-refractivity contribution is 7.18. The molecule has 1 aliphatic carbocycles. The highest BCUT2D eigenvalue weighted by Gasteiger charge is 2.23. The molecule has 108 valence electrons. The molecule has 0 bridgehead atoms. The summed E-state index contributed by atoms with van der Waals surface area (Å²) in [7, 11) is 0. The fraction of sp³-hybridized carbons (Fsp3) is 0.200. The number of carbonyl (C=O) groups excluding carboxylic acids is 2. The number of carbonyl (C=O) groups is 2. The van der Waals surface area contributed by atoms with E-state index in [0.29, 0.717) is 26.5 Å². The number of hydrogen-bond acceptors (Lipinski definition) is 3. The van der Waals surface area contributed by atoms with E-state index in [-0.39, 0.29) is 11.8 Å². The van der Waals surface area contributed by atoms with Crippen LogP contribution in [0, 0.1) is 0 Å². The van der Waals surface area contributed by atoms with Crippen LogP contribution < -0.4 is 10.6 Å². The Bertz CT molecular complexity index is 694. The SMILES string of the molecule is O=C(NC1CC1)c1cccc(NC(=O)c2ccc(Cl)s2)c1. The van der Waals surface area contributed by atoms with E-state index in [0.717, 1.165) is 12.8 Å². The van der Waals surface area contributed by atoms with Crippen LogP contribution in [0.3, 0.4) is 0 Å². The molecule has 1 aliphatic rings. The number of anilines is 1. The third kappa shape index (κ3) is 3.62. The number of hydrogen-bond donors (Lipinski definition) is 2. The Balaban J connectivity index is 1.70. The molecule has 0 unspecified atom stereocenters. The fourth-order valence-corrected chi connectivity index (χ4v) is 2.80. The van der Waals surface area contributed by atoms with Gasteiger partial charge in [-0.25, -0.2) is 0 Å². The molecule has 2 N–H and O–H groups in total. The molecule has 0 radical (unpaired) electrons. The van der Waals surface area contributed by atoms with Gasteiger partial charge in [-0.1, -0.05) is 17.7 Å². The summed E-state index contributed by atoms with van der Waals surface area (Å²) in [6, 6.07) is 10.6. The molecule has 1 fully saturated rings. The molecule has 1 heterocycles. The molecule has 1 aromatic heterocycles. The molecule has 21 heavy (non-hydrogen) atoms. The summed E-state index contributed by atoms with van der Waals surface area (Å²) >= 11 is 7.03. The number of thiophene rings is 1. The summed E-state index contributed by atoms with van der Waals surface area (Å²) in [5, 5.41) is 5.69. The normalized spacial score (nSPS) is 13.8. The Morgan fingerprint density at radius 3 is 2.62 bits per heavy atom. The zero-order valence-electron chi connectivity index (χ0n) is 11.1. The van der Waals surface area contributed by atoms with E-state index < -0.39 is 0 Å². The van der Waals surface area contributed by atoms with Gasteiger partial charge in [0.05, 0.1) is 9.21 Å². The van der Waals surface area contributed by atoms with Crippen molar-refractivity contribution >= 4 is 40.4 Å². The van der Waals surface area contributed by atoms with Crippen LogP contribution in [0.15, 0.2) is 36.4 Å². The van der Waals surface area contributed by atoms with Gasteiger partial charge in [-0.3, -0.25) is 9.59 Å². The van der Waals surface area contributed by atoms with E-state index in [9.17, 15) is 9.59 Å². The zero-order valence-corrected chi connectivity index (χ0v) is 12.6.